The highest BCUT2D eigenvalue weighted by Crippen LogP contribution is 2.36. The lowest BCUT2D eigenvalue weighted by Gasteiger charge is -2.25. The second-order valence-electron chi connectivity index (χ2n) is 6.05. The lowest BCUT2D eigenvalue weighted by Crippen LogP contribution is -2.34. The zero-order chi connectivity index (χ0) is 15.6. The van der Waals surface area contributed by atoms with Gasteiger partial charge in [0.15, 0.2) is 0 Å². The van der Waals surface area contributed by atoms with Gasteiger partial charge in [-0.05, 0) is 37.6 Å². The number of benzene rings is 1. The predicted molar refractivity (Wildman–Crippen MR) is 91.4 cm³/mol. The topological polar surface area (TPSA) is 54.2 Å². The van der Waals surface area contributed by atoms with Gasteiger partial charge in [-0.25, -0.2) is 4.98 Å². The minimum absolute atomic E-state index is 0.333. The molecule has 3 aromatic rings. The van der Waals surface area contributed by atoms with Crippen LogP contribution in [0.15, 0.2) is 42.7 Å². The zero-order valence-electron chi connectivity index (χ0n) is 12.9. The molecule has 0 aliphatic carbocycles. The van der Waals surface area contributed by atoms with E-state index in [2.05, 4.69) is 28.2 Å². The molecule has 0 amide bonds. The number of hydrogen-bond donors (Lipinski definition) is 1. The number of para-hydroxylation sites is 1. The summed E-state index contributed by atoms with van der Waals surface area (Å²) < 4.78 is 3.03. The number of aliphatic hydroxyl groups is 1. The summed E-state index contributed by atoms with van der Waals surface area (Å²) in [5, 5.41) is 15.7. The van der Waals surface area contributed by atoms with Crippen molar-refractivity contribution in [1.82, 2.24) is 19.7 Å². The first-order valence-electron chi connectivity index (χ1n) is 8.04. The Morgan fingerprint density at radius 2 is 2.17 bits per heavy atom. The molecule has 0 bridgehead atoms. The number of aliphatic hydroxyl groups excluding tert-OH is 1. The lowest BCUT2D eigenvalue weighted by molar-refractivity contribution is 0.0890. The Morgan fingerprint density at radius 3 is 3.00 bits per heavy atom. The maximum atomic E-state index is 10.4. The quantitative estimate of drug-likeness (QED) is 0.782. The summed E-state index contributed by atoms with van der Waals surface area (Å²) in [6.45, 7) is 2.23. The van der Waals surface area contributed by atoms with Crippen molar-refractivity contribution in [1.29, 1.82) is 0 Å². The largest absolute Gasteiger partial charge is 0.390 e. The standard InChI is InChI=1S/C17H20N4OS/c22-13(12-21-10-4-8-18-21)11-20-9-3-6-15(20)17-19-14-5-1-2-7-16(14)23-17/h1-2,4-5,7-8,10,13,15,22H,3,6,9,11-12H2/t13-,15-/m1/s1. The monoisotopic (exact) mass is 328 g/mol. The first kappa shape index (κ1) is 14.8. The van der Waals surface area contributed by atoms with Gasteiger partial charge in [-0.15, -0.1) is 11.3 Å². The van der Waals surface area contributed by atoms with Gasteiger partial charge in [0.2, 0.25) is 0 Å². The number of thiazole rings is 1. The van der Waals surface area contributed by atoms with Gasteiger partial charge in [-0.1, -0.05) is 12.1 Å². The average Bonchev–Trinajstić information content (AvgIpc) is 3.26. The molecule has 0 unspecified atom stereocenters. The van der Waals surface area contributed by atoms with Crippen LogP contribution in [0.2, 0.25) is 0 Å². The Kier molecular flexibility index (Phi) is 4.11. The molecule has 0 saturated carbocycles. The molecule has 3 heterocycles. The number of rotatable bonds is 5. The third-order valence-electron chi connectivity index (χ3n) is 4.36. The Labute approximate surface area is 139 Å². The molecule has 2 aromatic heterocycles. The molecule has 120 valence electrons. The molecule has 0 spiro atoms. The first-order valence-corrected chi connectivity index (χ1v) is 8.86. The fourth-order valence-electron chi connectivity index (χ4n) is 3.31. The molecule has 1 aliphatic heterocycles. The number of hydrogen-bond acceptors (Lipinski definition) is 5. The molecular weight excluding hydrogens is 308 g/mol. The molecular formula is C17H20N4OS. The van der Waals surface area contributed by atoms with E-state index in [1.165, 1.54) is 9.71 Å². The van der Waals surface area contributed by atoms with Crippen LogP contribution in [-0.2, 0) is 6.54 Å². The van der Waals surface area contributed by atoms with Crippen molar-refractivity contribution in [3.63, 3.8) is 0 Å². The normalized spacial score (nSPS) is 20.3. The summed E-state index contributed by atoms with van der Waals surface area (Å²) in [4.78, 5) is 7.17. The van der Waals surface area contributed by atoms with E-state index in [4.69, 9.17) is 4.98 Å². The van der Waals surface area contributed by atoms with Crippen LogP contribution in [-0.4, -0.2) is 44.0 Å². The number of β-amino-alcohol motifs (C(OH)–C–C–N with tert-alkyl or cyclic N) is 1. The van der Waals surface area contributed by atoms with E-state index in [0.29, 0.717) is 19.1 Å². The van der Waals surface area contributed by atoms with Crippen LogP contribution in [0.25, 0.3) is 10.2 Å². The molecule has 1 aromatic carbocycles. The van der Waals surface area contributed by atoms with E-state index in [1.54, 1.807) is 22.2 Å². The summed E-state index contributed by atoms with van der Waals surface area (Å²) >= 11 is 1.78. The van der Waals surface area contributed by atoms with Gasteiger partial charge < -0.3 is 5.11 Å². The van der Waals surface area contributed by atoms with Gasteiger partial charge in [0.05, 0.1) is 28.9 Å². The fraction of sp³-hybridized carbons (Fsp3) is 0.412. The zero-order valence-corrected chi connectivity index (χ0v) is 13.7. The molecule has 0 radical (unpaired) electrons. The van der Waals surface area contributed by atoms with Crippen LogP contribution in [0.3, 0.4) is 0 Å². The van der Waals surface area contributed by atoms with Crippen molar-refractivity contribution in [2.45, 2.75) is 31.5 Å². The smallest absolute Gasteiger partial charge is 0.111 e. The first-order chi connectivity index (χ1) is 11.3. The highest BCUT2D eigenvalue weighted by molar-refractivity contribution is 7.18. The molecule has 1 saturated heterocycles. The number of aromatic nitrogens is 3. The van der Waals surface area contributed by atoms with Gasteiger partial charge >= 0.3 is 0 Å². The summed E-state index contributed by atoms with van der Waals surface area (Å²) in [6, 6.07) is 10.5. The van der Waals surface area contributed by atoms with Crippen molar-refractivity contribution in [3.05, 3.63) is 47.7 Å². The van der Waals surface area contributed by atoms with E-state index >= 15 is 0 Å². The molecule has 2 atom stereocenters. The van der Waals surface area contributed by atoms with E-state index < -0.39 is 6.10 Å². The highest BCUT2D eigenvalue weighted by atomic mass is 32.1. The van der Waals surface area contributed by atoms with Gasteiger partial charge in [-0.3, -0.25) is 9.58 Å². The Bertz CT molecular complexity index is 737. The minimum atomic E-state index is -0.412. The van der Waals surface area contributed by atoms with Gasteiger partial charge in [0, 0.05) is 18.9 Å². The third kappa shape index (κ3) is 3.15. The minimum Gasteiger partial charge on any atom is -0.390 e. The van der Waals surface area contributed by atoms with Crippen molar-refractivity contribution in [3.8, 4) is 0 Å². The second-order valence-corrected chi connectivity index (χ2v) is 7.12. The van der Waals surface area contributed by atoms with Gasteiger partial charge in [0.1, 0.15) is 5.01 Å². The van der Waals surface area contributed by atoms with Crippen LogP contribution in [0.5, 0.6) is 0 Å². The van der Waals surface area contributed by atoms with E-state index in [9.17, 15) is 5.11 Å². The van der Waals surface area contributed by atoms with Crippen molar-refractivity contribution in [2.75, 3.05) is 13.1 Å². The Hall–Kier alpha value is -1.76. The van der Waals surface area contributed by atoms with Crippen molar-refractivity contribution >= 4 is 21.6 Å². The Morgan fingerprint density at radius 1 is 1.26 bits per heavy atom. The van der Waals surface area contributed by atoms with Crippen LogP contribution in [0.4, 0.5) is 0 Å². The van der Waals surface area contributed by atoms with Crippen LogP contribution < -0.4 is 0 Å². The molecule has 5 nitrogen and oxygen atoms in total. The molecule has 4 rings (SSSR count). The van der Waals surface area contributed by atoms with Gasteiger partial charge in [0.25, 0.3) is 0 Å². The molecule has 1 N–H and O–H groups in total. The fourth-order valence-corrected chi connectivity index (χ4v) is 4.45. The second kappa shape index (κ2) is 6.39. The molecule has 6 heteroatoms. The highest BCUT2D eigenvalue weighted by Gasteiger charge is 2.30. The van der Waals surface area contributed by atoms with E-state index in [1.807, 2.05) is 18.3 Å². The Balaban J connectivity index is 1.47. The number of nitrogens with zero attached hydrogens (tertiary/aromatic N) is 4. The summed E-state index contributed by atoms with van der Waals surface area (Å²) in [5.74, 6) is 0. The molecule has 1 fully saturated rings. The summed E-state index contributed by atoms with van der Waals surface area (Å²) in [7, 11) is 0. The SMILES string of the molecule is O[C@H](CN1CCC[C@@H]1c1nc2ccccc2s1)Cn1cccn1. The van der Waals surface area contributed by atoms with E-state index in [0.717, 1.165) is 24.9 Å². The molecule has 23 heavy (non-hydrogen) atoms. The molecule has 1 aliphatic rings. The summed E-state index contributed by atoms with van der Waals surface area (Å²) in [6.07, 6.45) is 5.50. The van der Waals surface area contributed by atoms with E-state index in [-0.39, 0.29) is 0 Å². The lowest BCUT2D eigenvalue weighted by atomic mass is 10.2. The number of likely N-dealkylation sites (tertiary alicyclic amines) is 1. The predicted octanol–water partition coefficient (Wildman–Crippen LogP) is 2.69. The van der Waals surface area contributed by atoms with Crippen molar-refractivity contribution in [2.24, 2.45) is 0 Å². The maximum Gasteiger partial charge on any atom is 0.111 e. The average molecular weight is 328 g/mol. The van der Waals surface area contributed by atoms with Crippen LogP contribution >= 0.6 is 11.3 Å². The van der Waals surface area contributed by atoms with Gasteiger partial charge in [-0.2, -0.15) is 5.10 Å². The van der Waals surface area contributed by atoms with Crippen molar-refractivity contribution < 1.29 is 5.11 Å². The maximum absolute atomic E-state index is 10.4. The summed E-state index contributed by atoms with van der Waals surface area (Å²) in [5.41, 5.74) is 1.08. The third-order valence-corrected chi connectivity index (χ3v) is 5.50. The van der Waals surface area contributed by atoms with Crippen LogP contribution in [0, 0.1) is 0 Å². The van der Waals surface area contributed by atoms with Crippen LogP contribution in [0.1, 0.15) is 23.9 Å². The number of fused-ring (bicyclic) bond motifs is 1.